The van der Waals surface area contributed by atoms with Crippen LogP contribution in [0.2, 0.25) is 0 Å². The molecule has 0 fully saturated rings. The van der Waals surface area contributed by atoms with Crippen LogP contribution in [-0.4, -0.2) is 35.5 Å². The highest BCUT2D eigenvalue weighted by atomic mass is 32.2. The Balaban J connectivity index is 2.33. The van der Waals surface area contributed by atoms with E-state index in [1.165, 1.54) is 0 Å². The molecule has 1 unspecified atom stereocenters. The maximum atomic E-state index is 12.4. The number of Topliss-reactive ketones (excluding diaryl/α,β-unsaturated/α-hetero) is 2. The summed E-state index contributed by atoms with van der Waals surface area (Å²) < 4.78 is 31.3. The molecule has 0 aromatic heterocycles. The van der Waals surface area contributed by atoms with Gasteiger partial charge in [-0.2, -0.15) is 13.5 Å². The van der Waals surface area contributed by atoms with E-state index < -0.39 is 43.2 Å². The third kappa shape index (κ3) is 5.34. The summed E-state index contributed by atoms with van der Waals surface area (Å²) in [5, 5.41) is 18.4. The molecule has 2 aromatic rings. The predicted molar refractivity (Wildman–Crippen MR) is 97.0 cm³/mol. The van der Waals surface area contributed by atoms with Crippen molar-refractivity contribution < 1.29 is 27.5 Å². The van der Waals surface area contributed by atoms with Gasteiger partial charge in [-0.3, -0.25) is 24.3 Å². The molecular formula is C17H15N3O7S. The van der Waals surface area contributed by atoms with Crippen molar-refractivity contribution in [2.24, 2.45) is 10.2 Å². The van der Waals surface area contributed by atoms with Gasteiger partial charge < -0.3 is 0 Å². The minimum absolute atomic E-state index is 0.0755. The van der Waals surface area contributed by atoms with E-state index in [0.717, 1.165) is 19.1 Å². The van der Waals surface area contributed by atoms with Crippen LogP contribution in [0.3, 0.4) is 0 Å². The SMILES string of the molecule is CC(=O)C(N=Nc1ccc(S(=O)(=O)O)cc1[N+](=O)[O-])C(=O)Cc1ccccc1. The van der Waals surface area contributed by atoms with Gasteiger partial charge in [0.05, 0.1) is 4.92 Å². The predicted octanol–water partition coefficient (Wildman–Crippen LogP) is 2.69. The zero-order valence-electron chi connectivity index (χ0n) is 14.5. The first kappa shape index (κ1) is 21.0. The van der Waals surface area contributed by atoms with Gasteiger partial charge in [0.25, 0.3) is 15.8 Å². The molecule has 0 spiro atoms. The average Bonchev–Trinajstić information content (AvgIpc) is 2.61. The summed E-state index contributed by atoms with van der Waals surface area (Å²) >= 11 is 0. The molecule has 0 aliphatic rings. The number of nitro groups is 1. The molecule has 11 heteroatoms. The Morgan fingerprint density at radius 2 is 1.82 bits per heavy atom. The molecule has 0 radical (unpaired) electrons. The summed E-state index contributed by atoms with van der Waals surface area (Å²) in [5.41, 5.74) is -0.453. The van der Waals surface area contributed by atoms with Crippen LogP contribution in [0.15, 0.2) is 63.7 Å². The van der Waals surface area contributed by atoms with Crippen LogP contribution in [-0.2, 0) is 26.1 Å². The first-order valence-corrected chi connectivity index (χ1v) is 9.27. The first-order valence-electron chi connectivity index (χ1n) is 7.83. The molecule has 146 valence electrons. The molecular weight excluding hydrogens is 390 g/mol. The van der Waals surface area contributed by atoms with Gasteiger partial charge >= 0.3 is 0 Å². The highest BCUT2D eigenvalue weighted by molar-refractivity contribution is 7.85. The summed E-state index contributed by atoms with van der Waals surface area (Å²) in [6.07, 6.45) is -0.0755. The van der Waals surface area contributed by atoms with Gasteiger partial charge in [0, 0.05) is 12.5 Å². The second-order valence-electron chi connectivity index (χ2n) is 5.74. The van der Waals surface area contributed by atoms with E-state index in [-0.39, 0.29) is 12.1 Å². The van der Waals surface area contributed by atoms with Crippen LogP contribution >= 0.6 is 0 Å². The molecule has 0 bridgehead atoms. The number of benzene rings is 2. The molecule has 10 nitrogen and oxygen atoms in total. The summed E-state index contributed by atoms with van der Waals surface area (Å²) in [6.45, 7) is 1.14. The van der Waals surface area contributed by atoms with Crippen LogP contribution in [0.25, 0.3) is 0 Å². The van der Waals surface area contributed by atoms with Crippen molar-refractivity contribution in [1.82, 2.24) is 0 Å². The minimum atomic E-state index is -4.65. The Kier molecular flexibility index (Phi) is 6.44. The third-order valence-electron chi connectivity index (χ3n) is 3.63. The zero-order chi connectivity index (χ0) is 20.9. The second kappa shape index (κ2) is 8.59. The molecule has 0 saturated carbocycles. The van der Waals surface area contributed by atoms with Crippen LogP contribution < -0.4 is 0 Å². The Labute approximate surface area is 159 Å². The minimum Gasteiger partial charge on any atom is -0.297 e. The van der Waals surface area contributed by atoms with Gasteiger partial charge in [-0.15, -0.1) is 5.11 Å². The zero-order valence-corrected chi connectivity index (χ0v) is 15.4. The number of ketones is 2. The van der Waals surface area contributed by atoms with E-state index in [1.807, 2.05) is 0 Å². The number of azo groups is 1. The number of carbonyl (C=O) groups excluding carboxylic acids is 2. The quantitative estimate of drug-likeness (QED) is 0.232. The number of nitrogens with zero attached hydrogens (tertiary/aromatic N) is 3. The fourth-order valence-electron chi connectivity index (χ4n) is 2.28. The Bertz CT molecular complexity index is 1050. The summed E-state index contributed by atoms with van der Waals surface area (Å²) in [6, 6.07) is 9.62. The van der Waals surface area contributed by atoms with E-state index in [9.17, 15) is 28.1 Å². The molecule has 2 rings (SSSR count). The average molecular weight is 405 g/mol. The highest BCUT2D eigenvalue weighted by Crippen LogP contribution is 2.30. The van der Waals surface area contributed by atoms with Crippen molar-refractivity contribution in [2.75, 3.05) is 0 Å². The fraction of sp³-hybridized carbons (Fsp3) is 0.176. The van der Waals surface area contributed by atoms with Crippen molar-refractivity contribution in [3.8, 4) is 0 Å². The van der Waals surface area contributed by atoms with Gasteiger partial charge in [-0.05, 0) is 24.6 Å². The van der Waals surface area contributed by atoms with Crippen molar-refractivity contribution in [1.29, 1.82) is 0 Å². The molecule has 0 aliphatic heterocycles. The number of rotatable bonds is 8. The van der Waals surface area contributed by atoms with E-state index in [1.54, 1.807) is 30.3 Å². The number of carbonyl (C=O) groups is 2. The van der Waals surface area contributed by atoms with E-state index >= 15 is 0 Å². The van der Waals surface area contributed by atoms with Gasteiger partial charge in [-0.25, -0.2) is 0 Å². The lowest BCUT2D eigenvalue weighted by atomic mass is 10.0. The number of hydrogen-bond donors (Lipinski definition) is 1. The molecule has 0 aliphatic carbocycles. The van der Waals surface area contributed by atoms with Crippen molar-refractivity contribution in [2.45, 2.75) is 24.3 Å². The van der Waals surface area contributed by atoms with E-state index in [4.69, 9.17) is 4.55 Å². The van der Waals surface area contributed by atoms with Crippen LogP contribution in [0.1, 0.15) is 12.5 Å². The Morgan fingerprint density at radius 1 is 1.18 bits per heavy atom. The van der Waals surface area contributed by atoms with Crippen LogP contribution in [0.4, 0.5) is 11.4 Å². The molecule has 28 heavy (non-hydrogen) atoms. The normalized spacial score (nSPS) is 12.6. The molecule has 1 atom stereocenters. The Morgan fingerprint density at radius 3 is 2.36 bits per heavy atom. The monoisotopic (exact) mass is 405 g/mol. The van der Waals surface area contributed by atoms with Crippen molar-refractivity contribution >= 4 is 33.1 Å². The summed E-state index contributed by atoms with van der Waals surface area (Å²) in [7, 11) is -4.65. The third-order valence-corrected chi connectivity index (χ3v) is 4.48. The standard InChI is InChI=1S/C17H15N3O7S/c1-11(21)17(16(22)9-12-5-3-2-4-6-12)19-18-14-8-7-13(28(25,26)27)10-15(14)20(23)24/h2-8,10,17H,9H2,1H3,(H,25,26,27). The van der Waals surface area contributed by atoms with Gasteiger partial charge in [0.2, 0.25) is 0 Å². The van der Waals surface area contributed by atoms with Crippen molar-refractivity contribution in [3.05, 3.63) is 64.2 Å². The topological polar surface area (TPSA) is 156 Å². The maximum Gasteiger partial charge on any atom is 0.298 e. The molecule has 0 heterocycles. The lowest BCUT2D eigenvalue weighted by Gasteiger charge is -2.07. The molecule has 0 saturated heterocycles. The highest BCUT2D eigenvalue weighted by Gasteiger charge is 2.24. The van der Waals surface area contributed by atoms with E-state index in [2.05, 4.69) is 10.2 Å². The largest absolute Gasteiger partial charge is 0.298 e. The second-order valence-corrected chi connectivity index (χ2v) is 7.16. The number of nitro benzene ring substituents is 1. The molecule has 1 N–H and O–H groups in total. The van der Waals surface area contributed by atoms with Crippen molar-refractivity contribution in [3.63, 3.8) is 0 Å². The van der Waals surface area contributed by atoms with E-state index in [0.29, 0.717) is 11.6 Å². The molecule has 2 aromatic carbocycles. The lowest BCUT2D eigenvalue weighted by Crippen LogP contribution is -2.27. The van der Waals surface area contributed by atoms with Crippen LogP contribution in [0, 0.1) is 10.1 Å². The van der Waals surface area contributed by atoms with Crippen LogP contribution in [0.5, 0.6) is 0 Å². The Hall–Kier alpha value is -3.31. The smallest absolute Gasteiger partial charge is 0.297 e. The summed E-state index contributed by atoms with van der Waals surface area (Å²) in [4.78, 5) is 33.7. The summed E-state index contributed by atoms with van der Waals surface area (Å²) in [5.74, 6) is -1.14. The van der Waals surface area contributed by atoms with Gasteiger partial charge in [0.1, 0.15) is 4.90 Å². The number of hydrogen-bond acceptors (Lipinski definition) is 8. The maximum absolute atomic E-state index is 12.4. The lowest BCUT2D eigenvalue weighted by molar-refractivity contribution is -0.384. The fourth-order valence-corrected chi connectivity index (χ4v) is 2.78. The van der Waals surface area contributed by atoms with Gasteiger partial charge in [0.15, 0.2) is 23.3 Å². The van der Waals surface area contributed by atoms with Gasteiger partial charge in [-0.1, -0.05) is 30.3 Å². The first-order chi connectivity index (χ1) is 13.1. The molecule has 0 amide bonds.